The predicted octanol–water partition coefficient (Wildman–Crippen LogP) is 4.50. The van der Waals surface area contributed by atoms with E-state index in [1.165, 1.54) is 5.56 Å². The lowest BCUT2D eigenvalue weighted by Gasteiger charge is -2.04. The minimum atomic E-state index is 0.0344. The van der Waals surface area contributed by atoms with Crippen LogP contribution < -0.4 is 5.32 Å². The SMILES string of the molecule is Cc1ccc(-c2ccc(CCC(=O)NCc3ccccc3)o2)cc1. The van der Waals surface area contributed by atoms with Gasteiger partial charge in [-0.2, -0.15) is 0 Å². The summed E-state index contributed by atoms with van der Waals surface area (Å²) in [7, 11) is 0. The number of rotatable bonds is 6. The Hall–Kier alpha value is -2.81. The molecule has 0 aliphatic rings. The number of carbonyl (C=O) groups is 1. The first-order chi connectivity index (χ1) is 11.7. The molecule has 3 aromatic rings. The highest BCUT2D eigenvalue weighted by molar-refractivity contribution is 5.76. The molecule has 3 rings (SSSR count). The molecular formula is C21H21NO2. The van der Waals surface area contributed by atoms with Crippen LogP contribution in [0.4, 0.5) is 0 Å². The van der Waals surface area contributed by atoms with Crippen molar-refractivity contribution < 1.29 is 9.21 Å². The lowest BCUT2D eigenvalue weighted by molar-refractivity contribution is -0.121. The summed E-state index contributed by atoms with van der Waals surface area (Å²) in [5.41, 5.74) is 3.38. The van der Waals surface area contributed by atoms with Crippen molar-refractivity contribution in [2.45, 2.75) is 26.3 Å². The minimum Gasteiger partial charge on any atom is -0.461 e. The van der Waals surface area contributed by atoms with Crippen molar-refractivity contribution in [2.75, 3.05) is 0 Å². The van der Waals surface area contributed by atoms with Crippen LogP contribution in [0, 0.1) is 6.92 Å². The van der Waals surface area contributed by atoms with Gasteiger partial charge in [-0.15, -0.1) is 0 Å². The fraction of sp³-hybridized carbons (Fsp3) is 0.190. The van der Waals surface area contributed by atoms with Gasteiger partial charge in [-0.3, -0.25) is 4.79 Å². The van der Waals surface area contributed by atoms with Crippen LogP contribution in [0.3, 0.4) is 0 Å². The van der Waals surface area contributed by atoms with Crippen molar-refractivity contribution in [2.24, 2.45) is 0 Å². The molecule has 0 bridgehead atoms. The molecule has 122 valence electrons. The van der Waals surface area contributed by atoms with Gasteiger partial charge in [0, 0.05) is 24.9 Å². The normalized spacial score (nSPS) is 10.5. The highest BCUT2D eigenvalue weighted by atomic mass is 16.3. The second-order valence-electron chi connectivity index (χ2n) is 5.89. The standard InChI is InChI=1S/C21H21NO2/c1-16-7-9-18(10-8-16)20-13-11-19(24-20)12-14-21(23)22-15-17-5-3-2-4-6-17/h2-11,13H,12,14-15H2,1H3,(H,22,23). The summed E-state index contributed by atoms with van der Waals surface area (Å²) in [4.78, 5) is 12.0. The molecule has 0 aliphatic carbocycles. The molecule has 0 atom stereocenters. The summed E-state index contributed by atoms with van der Waals surface area (Å²) in [6, 6.07) is 22.0. The van der Waals surface area contributed by atoms with Gasteiger partial charge in [0.25, 0.3) is 0 Å². The summed E-state index contributed by atoms with van der Waals surface area (Å²) in [5.74, 6) is 1.71. The molecular weight excluding hydrogens is 298 g/mol. The lowest BCUT2D eigenvalue weighted by Crippen LogP contribution is -2.22. The average Bonchev–Trinajstić information content (AvgIpc) is 3.09. The first kappa shape index (κ1) is 16.1. The maximum Gasteiger partial charge on any atom is 0.220 e. The third kappa shape index (κ3) is 4.35. The van der Waals surface area contributed by atoms with E-state index in [1.807, 2.05) is 54.6 Å². The molecule has 0 unspecified atom stereocenters. The first-order valence-electron chi connectivity index (χ1n) is 8.17. The zero-order valence-corrected chi connectivity index (χ0v) is 13.8. The van der Waals surface area contributed by atoms with Crippen LogP contribution in [-0.2, 0) is 17.8 Å². The van der Waals surface area contributed by atoms with Gasteiger partial charge in [-0.1, -0.05) is 60.2 Å². The Morgan fingerprint density at radius 2 is 1.71 bits per heavy atom. The number of nitrogens with one attached hydrogen (secondary N) is 1. The molecule has 24 heavy (non-hydrogen) atoms. The van der Waals surface area contributed by atoms with Crippen molar-refractivity contribution in [3.63, 3.8) is 0 Å². The Bertz CT molecular complexity index is 788. The van der Waals surface area contributed by atoms with Crippen LogP contribution in [-0.4, -0.2) is 5.91 Å². The van der Waals surface area contributed by atoms with Gasteiger partial charge in [-0.25, -0.2) is 0 Å². The molecule has 0 spiro atoms. The third-order valence-electron chi connectivity index (χ3n) is 3.93. The van der Waals surface area contributed by atoms with Crippen molar-refractivity contribution >= 4 is 5.91 Å². The molecule has 0 fully saturated rings. The number of benzene rings is 2. The second-order valence-corrected chi connectivity index (χ2v) is 5.89. The summed E-state index contributed by atoms with van der Waals surface area (Å²) in [5, 5.41) is 2.93. The Morgan fingerprint density at radius 3 is 2.46 bits per heavy atom. The monoisotopic (exact) mass is 319 g/mol. The fourth-order valence-electron chi connectivity index (χ4n) is 2.51. The molecule has 3 heteroatoms. The fourth-order valence-corrected chi connectivity index (χ4v) is 2.51. The molecule has 1 aromatic heterocycles. The van der Waals surface area contributed by atoms with E-state index in [0.29, 0.717) is 19.4 Å². The maximum atomic E-state index is 12.0. The summed E-state index contributed by atoms with van der Waals surface area (Å²) in [6.45, 7) is 2.62. The van der Waals surface area contributed by atoms with Crippen LogP contribution in [0.15, 0.2) is 71.1 Å². The van der Waals surface area contributed by atoms with Gasteiger partial charge in [0.2, 0.25) is 5.91 Å². The average molecular weight is 319 g/mol. The first-order valence-corrected chi connectivity index (χ1v) is 8.17. The molecule has 0 saturated heterocycles. The van der Waals surface area contributed by atoms with Gasteiger partial charge in [0.1, 0.15) is 11.5 Å². The molecule has 1 N–H and O–H groups in total. The highest BCUT2D eigenvalue weighted by Crippen LogP contribution is 2.23. The minimum absolute atomic E-state index is 0.0344. The van der Waals surface area contributed by atoms with E-state index in [1.54, 1.807) is 0 Å². The summed E-state index contributed by atoms with van der Waals surface area (Å²) in [6.07, 6.45) is 1.03. The Balaban J connectivity index is 1.50. The van der Waals surface area contributed by atoms with Gasteiger partial charge in [0.15, 0.2) is 0 Å². The number of amides is 1. The molecule has 1 heterocycles. The van der Waals surface area contributed by atoms with E-state index in [9.17, 15) is 4.79 Å². The summed E-state index contributed by atoms with van der Waals surface area (Å²) >= 11 is 0. The Kier molecular flexibility index (Phi) is 5.12. The number of hydrogen-bond acceptors (Lipinski definition) is 2. The zero-order chi connectivity index (χ0) is 16.8. The van der Waals surface area contributed by atoms with Gasteiger partial charge >= 0.3 is 0 Å². The van der Waals surface area contributed by atoms with Crippen LogP contribution in [0.5, 0.6) is 0 Å². The molecule has 0 radical (unpaired) electrons. The molecule has 1 amide bonds. The van der Waals surface area contributed by atoms with Crippen molar-refractivity contribution in [3.05, 3.63) is 83.6 Å². The number of carbonyl (C=O) groups excluding carboxylic acids is 1. The largest absolute Gasteiger partial charge is 0.461 e. The molecule has 0 saturated carbocycles. The van der Waals surface area contributed by atoms with E-state index in [4.69, 9.17) is 4.42 Å². The van der Waals surface area contributed by atoms with E-state index < -0.39 is 0 Å². The quantitative estimate of drug-likeness (QED) is 0.726. The summed E-state index contributed by atoms with van der Waals surface area (Å²) < 4.78 is 5.84. The van der Waals surface area contributed by atoms with Crippen molar-refractivity contribution in [1.29, 1.82) is 0 Å². The lowest BCUT2D eigenvalue weighted by atomic mass is 10.1. The zero-order valence-electron chi connectivity index (χ0n) is 13.8. The van der Waals surface area contributed by atoms with Crippen LogP contribution in [0.2, 0.25) is 0 Å². The van der Waals surface area contributed by atoms with Gasteiger partial charge < -0.3 is 9.73 Å². The smallest absolute Gasteiger partial charge is 0.220 e. The Morgan fingerprint density at radius 1 is 0.958 bits per heavy atom. The van der Waals surface area contributed by atoms with E-state index >= 15 is 0 Å². The van der Waals surface area contributed by atoms with Crippen molar-refractivity contribution in [1.82, 2.24) is 5.32 Å². The third-order valence-corrected chi connectivity index (χ3v) is 3.93. The molecule has 2 aromatic carbocycles. The highest BCUT2D eigenvalue weighted by Gasteiger charge is 2.07. The molecule has 0 aliphatic heterocycles. The topological polar surface area (TPSA) is 42.2 Å². The van der Waals surface area contributed by atoms with E-state index in [2.05, 4.69) is 24.4 Å². The maximum absolute atomic E-state index is 12.0. The number of furan rings is 1. The van der Waals surface area contributed by atoms with Crippen molar-refractivity contribution in [3.8, 4) is 11.3 Å². The Labute approximate surface area is 142 Å². The van der Waals surface area contributed by atoms with Crippen LogP contribution >= 0.6 is 0 Å². The van der Waals surface area contributed by atoms with E-state index in [0.717, 1.165) is 22.6 Å². The second kappa shape index (κ2) is 7.64. The molecule has 3 nitrogen and oxygen atoms in total. The number of hydrogen-bond donors (Lipinski definition) is 1. The van der Waals surface area contributed by atoms with E-state index in [-0.39, 0.29) is 5.91 Å². The van der Waals surface area contributed by atoms with Crippen LogP contribution in [0.25, 0.3) is 11.3 Å². The number of aryl methyl sites for hydroxylation is 2. The van der Waals surface area contributed by atoms with Gasteiger partial charge in [-0.05, 0) is 24.6 Å². The van der Waals surface area contributed by atoms with Crippen LogP contribution in [0.1, 0.15) is 23.3 Å². The predicted molar refractivity (Wildman–Crippen MR) is 95.5 cm³/mol. The van der Waals surface area contributed by atoms with Gasteiger partial charge in [0.05, 0.1) is 0 Å².